The van der Waals surface area contributed by atoms with Gasteiger partial charge in [0, 0.05) is 35.6 Å². The third kappa shape index (κ3) is 4.84. The number of pyridine rings is 1. The molecule has 1 atom stereocenters. The summed E-state index contributed by atoms with van der Waals surface area (Å²) in [6.45, 7) is 6.22. The smallest absolute Gasteiger partial charge is 0.270 e. The van der Waals surface area contributed by atoms with Gasteiger partial charge in [0.2, 0.25) is 5.89 Å². The number of nitrogen functional groups attached to an aromatic ring is 1. The molecule has 4 aromatic rings. The minimum atomic E-state index is -0.741. The molecule has 0 radical (unpaired) electrons. The summed E-state index contributed by atoms with van der Waals surface area (Å²) in [5, 5.41) is 20.9. The van der Waals surface area contributed by atoms with E-state index in [4.69, 9.17) is 15.9 Å². The van der Waals surface area contributed by atoms with Gasteiger partial charge in [-0.2, -0.15) is 5.26 Å². The quantitative estimate of drug-likeness (QED) is 0.376. The number of nitrogens with two attached hydrogens (primary N) is 2. The Balaban J connectivity index is 1.62. The lowest BCUT2D eigenvalue weighted by molar-refractivity contribution is 0.582. The molecule has 1 aromatic carbocycles. The molecule has 172 valence electrons. The summed E-state index contributed by atoms with van der Waals surface area (Å²) in [4.78, 5) is 13.2. The van der Waals surface area contributed by atoms with E-state index in [1.807, 2.05) is 37.3 Å². The molecule has 5 N–H and O–H groups in total. The lowest BCUT2D eigenvalue weighted by Gasteiger charge is -2.15. The minimum Gasteiger partial charge on any atom is -0.414 e. The molecule has 4 rings (SSSR count). The van der Waals surface area contributed by atoms with Crippen molar-refractivity contribution in [3.63, 3.8) is 0 Å². The van der Waals surface area contributed by atoms with Crippen molar-refractivity contribution in [3.05, 3.63) is 54.5 Å². The zero-order valence-electron chi connectivity index (χ0n) is 19.1. The summed E-state index contributed by atoms with van der Waals surface area (Å²) in [7, 11) is 0. The first-order valence-corrected chi connectivity index (χ1v) is 10.7. The molecule has 10 heteroatoms. The van der Waals surface area contributed by atoms with Crippen molar-refractivity contribution in [2.24, 2.45) is 5.73 Å². The van der Waals surface area contributed by atoms with Gasteiger partial charge in [-0.1, -0.05) is 0 Å². The van der Waals surface area contributed by atoms with Gasteiger partial charge in [-0.25, -0.2) is 9.97 Å². The Morgan fingerprint density at radius 2 is 1.82 bits per heavy atom. The second kappa shape index (κ2) is 9.25. The molecule has 0 fully saturated rings. The summed E-state index contributed by atoms with van der Waals surface area (Å²) in [5.74, 6) is 0.663. The summed E-state index contributed by atoms with van der Waals surface area (Å²) in [6.07, 6.45) is 3.20. The van der Waals surface area contributed by atoms with Gasteiger partial charge in [0.05, 0.1) is 29.1 Å². The highest BCUT2D eigenvalue weighted by molar-refractivity contribution is 5.69. The van der Waals surface area contributed by atoms with Crippen LogP contribution in [0.3, 0.4) is 0 Å². The van der Waals surface area contributed by atoms with Crippen LogP contribution in [0.1, 0.15) is 26.5 Å². The van der Waals surface area contributed by atoms with Crippen LogP contribution in [0.25, 0.3) is 34.3 Å². The number of anilines is 2. The van der Waals surface area contributed by atoms with Crippen LogP contribution in [-0.4, -0.2) is 37.7 Å². The maximum atomic E-state index is 9.43. The number of hydrogen-bond acceptors (Lipinski definition) is 10. The van der Waals surface area contributed by atoms with E-state index < -0.39 is 5.41 Å². The average molecular weight is 456 g/mol. The Kier molecular flexibility index (Phi) is 6.21. The molecule has 0 aliphatic carbocycles. The van der Waals surface area contributed by atoms with Crippen LogP contribution in [0.2, 0.25) is 0 Å². The molecule has 0 aliphatic rings. The molecule has 3 aromatic heterocycles. The Morgan fingerprint density at radius 3 is 2.53 bits per heavy atom. The van der Waals surface area contributed by atoms with Crippen LogP contribution in [0.4, 0.5) is 11.5 Å². The monoisotopic (exact) mass is 455 g/mol. The van der Waals surface area contributed by atoms with Gasteiger partial charge in [-0.05, 0) is 57.2 Å². The Bertz CT molecular complexity index is 1340. The first-order valence-electron chi connectivity index (χ1n) is 10.7. The van der Waals surface area contributed by atoms with Crippen LogP contribution in [0, 0.1) is 11.3 Å². The first-order chi connectivity index (χ1) is 16.3. The van der Waals surface area contributed by atoms with E-state index in [0.29, 0.717) is 23.8 Å². The van der Waals surface area contributed by atoms with Gasteiger partial charge in [0.1, 0.15) is 0 Å². The van der Waals surface area contributed by atoms with Crippen molar-refractivity contribution < 1.29 is 4.42 Å². The van der Waals surface area contributed by atoms with Gasteiger partial charge >= 0.3 is 0 Å². The fourth-order valence-electron chi connectivity index (χ4n) is 3.13. The third-order valence-electron chi connectivity index (χ3n) is 5.16. The fraction of sp³-hybridized carbons (Fsp3) is 0.250. The molecule has 0 bridgehead atoms. The number of aromatic nitrogens is 5. The van der Waals surface area contributed by atoms with E-state index in [0.717, 1.165) is 16.8 Å². The zero-order valence-corrected chi connectivity index (χ0v) is 19.1. The molecule has 0 amide bonds. The van der Waals surface area contributed by atoms with Crippen LogP contribution in [-0.2, 0) is 5.41 Å². The van der Waals surface area contributed by atoms with Crippen molar-refractivity contribution in [3.8, 4) is 40.4 Å². The molecule has 3 heterocycles. The highest BCUT2D eigenvalue weighted by Gasteiger charge is 2.23. The van der Waals surface area contributed by atoms with Crippen molar-refractivity contribution in [1.29, 1.82) is 5.26 Å². The van der Waals surface area contributed by atoms with Gasteiger partial charge in [-0.3, -0.25) is 4.98 Å². The van der Waals surface area contributed by atoms with Gasteiger partial charge in [0.25, 0.3) is 5.89 Å². The maximum Gasteiger partial charge on any atom is 0.270 e. The second-order valence-corrected chi connectivity index (χ2v) is 8.50. The first kappa shape index (κ1) is 22.8. The van der Waals surface area contributed by atoms with E-state index in [1.165, 1.54) is 0 Å². The van der Waals surface area contributed by atoms with Gasteiger partial charge in [-0.15, -0.1) is 10.2 Å². The second-order valence-electron chi connectivity index (χ2n) is 8.50. The summed E-state index contributed by atoms with van der Waals surface area (Å²) >= 11 is 0. The lowest BCUT2D eigenvalue weighted by Crippen LogP contribution is -2.25. The number of nitrogens with one attached hydrogen (secondary N) is 1. The van der Waals surface area contributed by atoms with Crippen molar-refractivity contribution in [2.45, 2.75) is 32.2 Å². The molecule has 34 heavy (non-hydrogen) atoms. The van der Waals surface area contributed by atoms with E-state index in [9.17, 15) is 5.26 Å². The minimum absolute atomic E-state index is 0.0529. The predicted molar refractivity (Wildman–Crippen MR) is 129 cm³/mol. The molecule has 0 aliphatic heterocycles. The highest BCUT2D eigenvalue weighted by atomic mass is 16.4. The Labute approximate surface area is 197 Å². The van der Waals surface area contributed by atoms with Crippen LogP contribution in [0.15, 0.2) is 53.2 Å². The van der Waals surface area contributed by atoms with Crippen molar-refractivity contribution in [2.75, 3.05) is 17.6 Å². The van der Waals surface area contributed by atoms with Crippen molar-refractivity contribution >= 4 is 11.5 Å². The van der Waals surface area contributed by atoms with Crippen LogP contribution >= 0.6 is 0 Å². The topological polar surface area (TPSA) is 165 Å². The van der Waals surface area contributed by atoms with Crippen LogP contribution in [0.5, 0.6) is 0 Å². The van der Waals surface area contributed by atoms with Gasteiger partial charge in [0.15, 0.2) is 11.5 Å². The third-order valence-corrected chi connectivity index (χ3v) is 5.16. The SMILES string of the molecule is CC(N)CNc1ccc(-c2nnc(-c3nc(-c4ccnc(C(C)(C)C#N)c4)cnc3N)o2)cc1. The summed E-state index contributed by atoms with van der Waals surface area (Å²) < 4.78 is 5.86. The standard InChI is InChI=1S/C24H25N9O/c1-14(26)11-29-17-6-4-15(5-7-17)22-32-33-23(34-22)20-21(27)30-12-18(31-20)16-8-9-28-19(10-16)24(2,3)13-25/h4-10,12,14,29H,11,26H2,1-3H3,(H2,27,30). The average Bonchev–Trinajstić information content (AvgIpc) is 3.33. The Hall–Kier alpha value is -4.36. The zero-order chi connectivity index (χ0) is 24.3. The molecule has 0 saturated carbocycles. The number of hydrogen-bond donors (Lipinski definition) is 3. The molecular formula is C24H25N9O. The normalized spacial score (nSPS) is 12.2. The van der Waals surface area contributed by atoms with Crippen LogP contribution < -0.4 is 16.8 Å². The predicted octanol–water partition coefficient (Wildman–Crippen LogP) is 3.40. The molecule has 10 nitrogen and oxygen atoms in total. The number of nitriles is 1. The van der Waals surface area contributed by atoms with E-state index in [-0.39, 0.29) is 23.4 Å². The van der Waals surface area contributed by atoms with E-state index in [1.54, 1.807) is 32.3 Å². The lowest BCUT2D eigenvalue weighted by atomic mass is 9.90. The maximum absolute atomic E-state index is 9.43. The number of nitrogens with zero attached hydrogens (tertiary/aromatic N) is 6. The van der Waals surface area contributed by atoms with Gasteiger partial charge < -0.3 is 21.2 Å². The summed E-state index contributed by atoms with van der Waals surface area (Å²) in [5.41, 5.74) is 15.0. The number of benzene rings is 1. The summed E-state index contributed by atoms with van der Waals surface area (Å²) in [6, 6.07) is 13.5. The Morgan fingerprint density at radius 1 is 1.09 bits per heavy atom. The molecule has 0 saturated heterocycles. The number of rotatable bonds is 7. The molecular weight excluding hydrogens is 430 g/mol. The van der Waals surface area contributed by atoms with E-state index in [2.05, 4.69) is 36.5 Å². The largest absolute Gasteiger partial charge is 0.414 e. The van der Waals surface area contributed by atoms with Crippen molar-refractivity contribution in [1.82, 2.24) is 25.1 Å². The molecule has 1 unspecified atom stereocenters. The highest BCUT2D eigenvalue weighted by Crippen LogP contribution is 2.29. The molecule has 0 spiro atoms. The fourth-order valence-corrected chi connectivity index (χ4v) is 3.13. The van der Waals surface area contributed by atoms with E-state index >= 15 is 0 Å².